The van der Waals surface area contributed by atoms with Gasteiger partial charge in [0.2, 0.25) is 0 Å². The highest BCUT2D eigenvalue weighted by Crippen LogP contribution is 2.30. The number of hydrogen-bond donors (Lipinski definition) is 0. The molecule has 2 rings (SSSR count). The van der Waals surface area contributed by atoms with Crippen molar-refractivity contribution < 1.29 is 45.4 Å². The van der Waals surface area contributed by atoms with E-state index in [1.54, 1.807) is 0 Å². The normalized spacial score (nSPS) is 12.0. The summed E-state index contributed by atoms with van der Waals surface area (Å²) < 4.78 is 69.7. The van der Waals surface area contributed by atoms with Crippen molar-refractivity contribution in [1.82, 2.24) is 0 Å². The smallest absolute Gasteiger partial charge is 0.308 e. The van der Waals surface area contributed by atoms with E-state index in [0.29, 0.717) is 11.1 Å². The molecule has 0 amide bonds. The first kappa shape index (κ1) is 27.6. The first-order valence-electron chi connectivity index (χ1n) is 9.88. The van der Waals surface area contributed by atoms with Crippen LogP contribution in [-0.2, 0) is 29.3 Å². The van der Waals surface area contributed by atoms with Gasteiger partial charge in [-0.05, 0) is 47.5 Å². The van der Waals surface area contributed by atoms with Crippen molar-refractivity contribution >= 4 is 43.8 Å². The lowest BCUT2D eigenvalue weighted by Gasteiger charge is -2.08. The van der Waals surface area contributed by atoms with Gasteiger partial charge in [-0.1, -0.05) is 12.1 Å². The van der Waals surface area contributed by atoms with Crippen LogP contribution in [0.4, 0.5) is 0 Å². The molecule has 0 spiro atoms. The largest absolute Gasteiger partial charge is 0.493 e. The Morgan fingerprint density at radius 2 is 1.06 bits per heavy atom. The van der Waals surface area contributed by atoms with Crippen molar-refractivity contribution in [1.29, 1.82) is 0 Å². The third-order valence-corrected chi connectivity index (χ3v) is 7.88. The molecule has 2 aromatic rings. The zero-order valence-electron chi connectivity index (χ0n) is 19.4. The van der Waals surface area contributed by atoms with Crippen molar-refractivity contribution in [2.45, 2.75) is 13.8 Å². The Bertz CT molecular complexity index is 1270. The first-order chi connectivity index (χ1) is 16.3. The summed E-state index contributed by atoms with van der Waals surface area (Å²) in [6, 6.07) is 8.68. The number of sulfone groups is 2. The van der Waals surface area contributed by atoms with Gasteiger partial charge in [0, 0.05) is 24.7 Å². The number of carbonyl (C=O) groups excluding carboxylic acids is 2. The summed E-state index contributed by atoms with van der Waals surface area (Å²) in [5.74, 6) is -0.385. The fraction of sp³-hybridized carbons (Fsp3) is 0.217. The Morgan fingerprint density at radius 1 is 0.686 bits per heavy atom. The van der Waals surface area contributed by atoms with Gasteiger partial charge >= 0.3 is 11.9 Å². The molecule has 35 heavy (non-hydrogen) atoms. The third-order valence-electron chi connectivity index (χ3n) is 4.15. The van der Waals surface area contributed by atoms with Crippen LogP contribution in [0.5, 0.6) is 23.0 Å². The van der Waals surface area contributed by atoms with E-state index >= 15 is 0 Å². The number of hydrogen-bond acceptors (Lipinski definition) is 10. The van der Waals surface area contributed by atoms with Gasteiger partial charge in [0.15, 0.2) is 47.8 Å². The summed E-state index contributed by atoms with van der Waals surface area (Å²) in [4.78, 5) is 22.3. The Hall–Kier alpha value is -3.64. The minimum Gasteiger partial charge on any atom is -0.493 e. The summed E-state index contributed by atoms with van der Waals surface area (Å²) in [6.07, 6.45) is 2.40. The van der Waals surface area contributed by atoms with Crippen molar-refractivity contribution in [3.63, 3.8) is 0 Å². The van der Waals surface area contributed by atoms with Crippen LogP contribution in [0.1, 0.15) is 25.0 Å². The van der Waals surface area contributed by atoms with Crippen LogP contribution in [0.15, 0.2) is 47.2 Å². The number of esters is 2. The van der Waals surface area contributed by atoms with Crippen LogP contribution >= 0.6 is 0 Å². The van der Waals surface area contributed by atoms with E-state index < -0.39 is 36.7 Å². The van der Waals surface area contributed by atoms with Crippen LogP contribution in [0.25, 0.3) is 12.2 Å². The maximum atomic E-state index is 12.4. The Balaban J connectivity index is 2.16. The van der Waals surface area contributed by atoms with Gasteiger partial charge in [-0.3, -0.25) is 9.59 Å². The lowest BCUT2D eigenvalue weighted by atomic mass is 10.2. The summed E-state index contributed by atoms with van der Waals surface area (Å²) in [5.41, 5.74) is 0.767. The average molecular weight is 525 g/mol. The summed E-state index contributed by atoms with van der Waals surface area (Å²) in [5, 5.41) is 0.392. The van der Waals surface area contributed by atoms with Gasteiger partial charge in [-0.15, -0.1) is 0 Å². The molecule has 0 fully saturated rings. The Labute approximate surface area is 203 Å². The van der Waals surface area contributed by atoms with Gasteiger partial charge in [-0.25, -0.2) is 16.8 Å². The second-order valence-corrected chi connectivity index (χ2v) is 11.2. The van der Waals surface area contributed by atoms with Gasteiger partial charge in [-0.2, -0.15) is 0 Å². The zero-order valence-corrected chi connectivity index (χ0v) is 21.0. The minimum atomic E-state index is -4.15. The van der Waals surface area contributed by atoms with Gasteiger partial charge in [0.25, 0.3) is 0 Å². The summed E-state index contributed by atoms with van der Waals surface area (Å²) in [6.45, 7) is 2.45. The van der Waals surface area contributed by atoms with E-state index in [4.69, 9.17) is 18.9 Å². The molecule has 12 heteroatoms. The fourth-order valence-electron chi connectivity index (χ4n) is 2.73. The molecule has 0 bridgehead atoms. The molecule has 0 heterocycles. The monoisotopic (exact) mass is 524 g/mol. The van der Waals surface area contributed by atoms with Crippen LogP contribution in [0.2, 0.25) is 0 Å². The zero-order chi connectivity index (χ0) is 26.2. The Kier molecular flexibility index (Phi) is 9.20. The number of benzene rings is 2. The maximum absolute atomic E-state index is 12.4. The van der Waals surface area contributed by atoms with Crippen LogP contribution in [0.3, 0.4) is 0 Å². The number of methoxy groups -OCH3 is 2. The highest BCUT2D eigenvalue weighted by atomic mass is 32.3. The quantitative estimate of drug-likeness (QED) is 0.337. The van der Waals surface area contributed by atoms with Crippen LogP contribution in [0, 0.1) is 0 Å². The molecule has 0 radical (unpaired) electrons. The third kappa shape index (κ3) is 8.91. The molecule has 2 aromatic carbocycles. The molecule has 0 N–H and O–H groups in total. The predicted octanol–water partition coefficient (Wildman–Crippen LogP) is 2.98. The van der Waals surface area contributed by atoms with E-state index in [0.717, 1.165) is 10.8 Å². The number of ether oxygens (including phenoxy) is 4. The molecule has 0 atom stereocenters. The fourth-order valence-corrected chi connectivity index (χ4v) is 5.92. The second-order valence-electron chi connectivity index (χ2n) is 7.06. The van der Waals surface area contributed by atoms with Crippen molar-refractivity contribution in [3.8, 4) is 23.0 Å². The average Bonchev–Trinajstić information content (AvgIpc) is 2.76. The van der Waals surface area contributed by atoms with E-state index in [1.807, 2.05) is 0 Å². The van der Waals surface area contributed by atoms with E-state index in [2.05, 4.69) is 0 Å². The highest BCUT2D eigenvalue weighted by Gasteiger charge is 2.18. The molecule has 0 aliphatic carbocycles. The topological polar surface area (TPSA) is 139 Å². The van der Waals surface area contributed by atoms with Crippen molar-refractivity contribution in [2.75, 3.05) is 19.3 Å². The number of rotatable bonds is 10. The van der Waals surface area contributed by atoms with Crippen molar-refractivity contribution in [2.24, 2.45) is 0 Å². The summed E-state index contributed by atoms with van der Waals surface area (Å²) >= 11 is 0. The molecule has 10 nitrogen and oxygen atoms in total. The summed E-state index contributed by atoms with van der Waals surface area (Å²) in [7, 11) is -5.60. The SMILES string of the molecule is COc1cc(/C=C/S(=O)(=O)CS(=O)(=O)/C=C/c2ccc(OC(C)=O)c(OC)c2)ccc1OC(C)=O. The van der Waals surface area contributed by atoms with E-state index in [-0.39, 0.29) is 23.0 Å². The number of carbonyl (C=O) groups is 2. The van der Waals surface area contributed by atoms with Gasteiger partial charge in [0.1, 0.15) is 0 Å². The first-order valence-corrected chi connectivity index (χ1v) is 13.3. The molecule has 188 valence electrons. The molecule has 0 saturated heterocycles. The predicted molar refractivity (Wildman–Crippen MR) is 129 cm³/mol. The van der Waals surface area contributed by atoms with Gasteiger partial charge < -0.3 is 18.9 Å². The van der Waals surface area contributed by atoms with Crippen LogP contribution in [-0.4, -0.2) is 48.1 Å². The van der Waals surface area contributed by atoms with E-state index in [1.165, 1.54) is 76.6 Å². The molecule has 0 aromatic heterocycles. The maximum Gasteiger partial charge on any atom is 0.308 e. The molecule has 0 aliphatic heterocycles. The molecular formula is C23H24O10S2. The Morgan fingerprint density at radius 3 is 1.37 bits per heavy atom. The lowest BCUT2D eigenvalue weighted by molar-refractivity contribution is -0.132. The van der Waals surface area contributed by atoms with Crippen LogP contribution < -0.4 is 18.9 Å². The van der Waals surface area contributed by atoms with E-state index in [9.17, 15) is 26.4 Å². The minimum absolute atomic E-state index is 0.158. The lowest BCUT2D eigenvalue weighted by Crippen LogP contribution is -2.11. The molecular weight excluding hydrogens is 500 g/mol. The molecule has 0 saturated carbocycles. The van der Waals surface area contributed by atoms with Crippen molar-refractivity contribution in [3.05, 3.63) is 58.3 Å². The molecule has 0 aliphatic rings. The second kappa shape index (κ2) is 11.7. The standard InChI is InChI=1S/C23H24O10S2/c1-16(24)32-20-7-5-18(13-22(20)30-3)9-11-34(26,27)15-35(28,29)12-10-19-6-8-21(33-17(2)25)23(14-19)31-4/h5-14H,15H2,1-4H3/b11-9+,12-10+. The van der Waals surface area contributed by atoms with Gasteiger partial charge in [0.05, 0.1) is 14.2 Å². The molecule has 0 unspecified atom stereocenters. The highest BCUT2D eigenvalue weighted by molar-refractivity contribution is 8.10.